The summed E-state index contributed by atoms with van der Waals surface area (Å²) in [4.78, 5) is 7.35. The fraction of sp³-hybridized carbons (Fsp3) is 0.909. The van der Waals surface area contributed by atoms with E-state index in [0.29, 0.717) is 18.0 Å². The molecule has 0 bridgehead atoms. The molecule has 0 spiro atoms. The molecule has 1 atom stereocenters. The van der Waals surface area contributed by atoms with Crippen LogP contribution >= 0.6 is 0 Å². The number of hydrogen-bond acceptors (Lipinski definition) is 3. The van der Waals surface area contributed by atoms with Crippen molar-refractivity contribution in [1.29, 1.82) is 0 Å². The van der Waals surface area contributed by atoms with Crippen LogP contribution < -0.4 is 0 Å². The highest BCUT2D eigenvalue weighted by Crippen LogP contribution is 2.24. The second-order valence-corrected chi connectivity index (χ2v) is 4.62. The summed E-state index contributed by atoms with van der Waals surface area (Å²) in [7, 11) is 1.62. The van der Waals surface area contributed by atoms with Crippen molar-refractivity contribution in [1.82, 2.24) is 4.90 Å². The van der Waals surface area contributed by atoms with Gasteiger partial charge in [-0.15, -0.1) is 0 Å². The maximum Gasteiger partial charge on any atom is 0.106 e. The number of oxime groups is 1. The van der Waals surface area contributed by atoms with Gasteiger partial charge in [-0.1, -0.05) is 19.0 Å². The summed E-state index contributed by atoms with van der Waals surface area (Å²) >= 11 is 0. The highest BCUT2D eigenvalue weighted by atomic mass is 16.6. The van der Waals surface area contributed by atoms with E-state index in [-0.39, 0.29) is 0 Å². The van der Waals surface area contributed by atoms with Gasteiger partial charge in [0.05, 0.1) is 5.71 Å². The van der Waals surface area contributed by atoms with Crippen LogP contribution in [0.5, 0.6) is 0 Å². The van der Waals surface area contributed by atoms with E-state index in [4.69, 9.17) is 4.84 Å². The van der Waals surface area contributed by atoms with Gasteiger partial charge in [0, 0.05) is 25.0 Å². The Kier molecular flexibility index (Phi) is 3.93. The molecular formula is C11H22N2O. The van der Waals surface area contributed by atoms with Crippen LogP contribution in [0.1, 0.15) is 34.1 Å². The number of hydrogen-bond donors (Lipinski definition) is 0. The van der Waals surface area contributed by atoms with E-state index < -0.39 is 0 Å². The zero-order valence-electron chi connectivity index (χ0n) is 9.95. The van der Waals surface area contributed by atoms with Crippen LogP contribution in [0.15, 0.2) is 5.16 Å². The molecule has 1 aliphatic heterocycles. The molecule has 1 heterocycles. The summed E-state index contributed by atoms with van der Waals surface area (Å²) in [6, 6.07) is 1.22. The van der Waals surface area contributed by atoms with Gasteiger partial charge in [-0.2, -0.15) is 0 Å². The molecule has 0 aromatic carbocycles. The lowest BCUT2D eigenvalue weighted by Crippen LogP contribution is -2.38. The summed E-state index contributed by atoms with van der Waals surface area (Å²) < 4.78 is 0. The van der Waals surface area contributed by atoms with Crippen molar-refractivity contribution in [2.24, 2.45) is 11.1 Å². The molecule has 1 aliphatic rings. The largest absolute Gasteiger partial charge is 0.399 e. The standard InChI is InChI=1S/C11H22N2O/c1-8(2)11-6-10(12-14-5)7-13(11)9(3)4/h8-9,11H,6-7H2,1-5H3. The minimum absolute atomic E-state index is 0.590. The summed E-state index contributed by atoms with van der Waals surface area (Å²) in [6.45, 7) is 10.00. The molecule has 0 N–H and O–H groups in total. The van der Waals surface area contributed by atoms with Crippen molar-refractivity contribution in [3.8, 4) is 0 Å². The molecular weight excluding hydrogens is 176 g/mol. The van der Waals surface area contributed by atoms with Gasteiger partial charge in [0.25, 0.3) is 0 Å². The number of nitrogens with zero attached hydrogens (tertiary/aromatic N) is 2. The average Bonchev–Trinajstić information content (AvgIpc) is 2.49. The maximum atomic E-state index is 4.84. The molecule has 1 fully saturated rings. The average molecular weight is 198 g/mol. The SMILES string of the molecule is CON=C1CC(C(C)C)N(C(C)C)C1. The van der Waals surface area contributed by atoms with Gasteiger partial charge in [-0.3, -0.25) is 4.90 Å². The molecule has 82 valence electrons. The first-order valence-corrected chi connectivity index (χ1v) is 5.41. The van der Waals surface area contributed by atoms with Crippen LogP contribution in [0.4, 0.5) is 0 Å². The lowest BCUT2D eigenvalue weighted by atomic mass is 10.0. The predicted octanol–water partition coefficient (Wildman–Crippen LogP) is 2.13. The Bertz CT molecular complexity index is 193. The third-order valence-corrected chi connectivity index (χ3v) is 2.89. The Morgan fingerprint density at radius 3 is 2.36 bits per heavy atom. The van der Waals surface area contributed by atoms with Gasteiger partial charge in [0.1, 0.15) is 7.11 Å². The smallest absolute Gasteiger partial charge is 0.106 e. The Hall–Kier alpha value is -0.570. The first-order chi connectivity index (χ1) is 6.56. The highest BCUT2D eigenvalue weighted by Gasteiger charge is 2.33. The van der Waals surface area contributed by atoms with E-state index >= 15 is 0 Å². The zero-order chi connectivity index (χ0) is 10.7. The molecule has 1 saturated heterocycles. The van der Waals surface area contributed by atoms with Crippen molar-refractivity contribution in [2.75, 3.05) is 13.7 Å². The van der Waals surface area contributed by atoms with Crippen LogP contribution in [0.25, 0.3) is 0 Å². The molecule has 1 rings (SSSR count). The molecule has 0 aliphatic carbocycles. The van der Waals surface area contributed by atoms with E-state index in [1.807, 2.05) is 0 Å². The van der Waals surface area contributed by atoms with Crippen molar-refractivity contribution in [3.63, 3.8) is 0 Å². The lowest BCUT2D eigenvalue weighted by molar-refractivity contribution is 0.167. The quantitative estimate of drug-likeness (QED) is 0.649. The topological polar surface area (TPSA) is 24.8 Å². The molecule has 0 radical (unpaired) electrons. The first kappa shape index (κ1) is 11.5. The summed E-state index contributed by atoms with van der Waals surface area (Å²) in [5.41, 5.74) is 1.18. The van der Waals surface area contributed by atoms with E-state index in [0.717, 1.165) is 13.0 Å². The lowest BCUT2D eigenvalue weighted by Gasteiger charge is -2.30. The normalized spacial score (nSPS) is 26.8. The molecule has 3 heteroatoms. The fourth-order valence-corrected chi connectivity index (χ4v) is 2.13. The Balaban J connectivity index is 2.70. The molecule has 0 saturated carbocycles. The summed E-state index contributed by atoms with van der Waals surface area (Å²) in [5.74, 6) is 0.682. The highest BCUT2D eigenvalue weighted by molar-refractivity contribution is 5.88. The first-order valence-electron chi connectivity index (χ1n) is 5.41. The van der Waals surface area contributed by atoms with Crippen LogP contribution in [0.3, 0.4) is 0 Å². The van der Waals surface area contributed by atoms with Crippen molar-refractivity contribution in [3.05, 3.63) is 0 Å². The minimum Gasteiger partial charge on any atom is -0.399 e. The number of likely N-dealkylation sites (tertiary alicyclic amines) is 1. The van der Waals surface area contributed by atoms with E-state index in [2.05, 4.69) is 37.8 Å². The van der Waals surface area contributed by atoms with Crippen molar-refractivity contribution >= 4 is 5.71 Å². The molecule has 0 amide bonds. The van der Waals surface area contributed by atoms with E-state index in [9.17, 15) is 0 Å². The van der Waals surface area contributed by atoms with Crippen molar-refractivity contribution in [2.45, 2.75) is 46.2 Å². The van der Waals surface area contributed by atoms with Crippen LogP contribution in [0, 0.1) is 5.92 Å². The predicted molar refractivity (Wildman–Crippen MR) is 59.5 cm³/mol. The monoisotopic (exact) mass is 198 g/mol. The van der Waals surface area contributed by atoms with Gasteiger partial charge < -0.3 is 4.84 Å². The maximum absolute atomic E-state index is 4.84. The number of rotatable bonds is 3. The fourth-order valence-electron chi connectivity index (χ4n) is 2.13. The Labute approximate surface area is 87.1 Å². The zero-order valence-corrected chi connectivity index (χ0v) is 9.95. The van der Waals surface area contributed by atoms with Gasteiger partial charge in [-0.25, -0.2) is 0 Å². The van der Waals surface area contributed by atoms with Gasteiger partial charge in [-0.05, 0) is 19.8 Å². The molecule has 3 nitrogen and oxygen atoms in total. The molecule has 14 heavy (non-hydrogen) atoms. The van der Waals surface area contributed by atoms with E-state index in [1.54, 1.807) is 7.11 Å². The Morgan fingerprint density at radius 2 is 2.00 bits per heavy atom. The minimum atomic E-state index is 0.590. The Morgan fingerprint density at radius 1 is 1.36 bits per heavy atom. The molecule has 1 unspecified atom stereocenters. The van der Waals surface area contributed by atoms with Crippen LogP contribution in [-0.4, -0.2) is 36.3 Å². The van der Waals surface area contributed by atoms with Crippen LogP contribution in [0.2, 0.25) is 0 Å². The second-order valence-electron chi connectivity index (χ2n) is 4.62. The second kappa shape index (κ2) is 4.78. The summed E-state index contributed by atoms with van der Waals surface area (Å²) in [5, 5.41) is 4.06. The van der Waals surface area contributed by atoms with Gasteiger partial charge in [0.2, 0.25) is 0 Å². The summed E-state index contributed by atoms with van der Waals surface area (Å²) in [6.07, 6.45) is 1.06. The van der Waals surface area contributed by atoms with Crippen molar-refractivity contribution < 1.29 is 4.84 Å². The van der Waals surface area contributed by atoms with Gasteiger partial charge >= 0.3 is 0 Å². The molecule has 0 aromatic heterocycles. The molecule has 0 aromatic rings. The van der Waals surface area contributed by atoms with E-state index in [1.165, 1.54) is 5.71 Å². The van der Waals surface area contributed by atoms with Crippen LogP contribution in [-0.2, 0) is 4.84 Å². The third kappa shape index (κ3) is 2.47. The van der Waals surface area contributed by atoms with Gasteiger partial charge in [0.15, 0.2) is 0 Å². The third-order valence-electron chi connectivity index (χ3n) is 2.89.